The molecule has 1 heterocycles. The molecule has 0 aliphatic carbocycles. The Hall–Kier alpha value is -5.40. The van der Waals surface area contributed by atoms with E-state index in [4.69, 9.17) is 12.6 Å². The summed E-state index contributed by atoms with van der Waals surface area (Å²) >= 11 is 0. The summed E-state index contributed by atoms with van der Waals surface area (Å²) in [5, 5.41) is 5.29. The van der Waals surface area contributed by atoms with Crippen LogP contribution in [-0.4, -0.2) is 0 Å². The molecule has 0 aliphatic rings. The zero-order chi connectivity index (χ0) is 34.7. The SMILES string of the molecule is [2H]c1c([2H])c([2H])c2c(c1[2H])c([2H])c([2H])c1c2oc2c([2H])c(-c3c4ccccc4c(-c4ccc5ccccc5c4)c4ccccc34)c([2H])c([2H])c21. The van der Waals surface area contributed by atoms with Crippen LogP contribution in [0.2, 0.25) is 0 Å². The van der Waals surface area contributed by atoms with Gasteiger partial charge in [-0.2, -0.15) is 0 Å². The van der Waals surface area contributed by atoms with E-state index in [0.29, 0.717) is 5.56 Å². The van der Waals surface area contributed by atoms with Gasteiger partial charge in [0.25, 0.3) is 0 Å². The van der Waals surface area contributed by atoms with Gasteiger partial charge in [-0.15, -0.1) is 0 Å². The highest BCUT2D eigenvalue weighted by Gasteiger charge is 2.18. The van der Waals surface area contributed by atoms with Crippen molar-refractivity contribution in [3.63, 3.8) is 0 Å². The van der Waals surface area contributed by atoms with E-state index in [1.165, 1.54) is 0 Å². The zero-order valence-corrected chi connectivity index (χ0v) is 21.6. The fourth-order valence-corrected chi connectivity index (χ4v) is 6.08. The van der Waals surface area contributed by atoms with Gasteiger partial charge in [0, 0.05) is 16.2 Å². The Morgan fingerprint density at radius 3 is 1.83 bits per heavy atom. The van der Waals surface area contributed by atoms with Crippen molar-refractivity contribution >= 4 is 65.0 Å². The number of hydrogen-bond donors (Lipinski definition) is 0. The Kier molecular flexibility index (Phi) is 3.21. The largest absolute Gasteiger partial charge is 0.455 e. The number of benzene rings is 8. The van der Waals surface area contributed by atoms with Crippen LogP contribution in [0.3, 0.4) is 0 Å². The molecule has 0 N–H and O–H groups in total. The monoisotopic (exact) mass is 529 g/mol. The van der Waals surface area contributed by atoms with E-state index in [2.05, 4.69) is 30.3 Å². The number of fused-ring (bicyclic) bond motifs is 8. The number of rotatable bonds is 2. The van der Waals surface area contributed by atoms with Gasteiger partial charge >= 0.3 is 0 Å². The Labute approximate surface area is 249 Å². The third-order valence-electron chi connectivity index (χ3n) is 7.91. The lowest BCUT2D eigenvalue weighted by Crippen LogP contribution is -1.90. The maximum atomic E-state index is 9.55. The molecule has 0 bridgehead atoms. The summed E-state index contributed by atoms with van der Waals surface area (Å²) in [6, 6.07) is 26.6. The van der Waals surface area contributed by atoms with E-state index in [1.807, 2.05) is 60.7 Å². The van der Waals surface area contributed by atoms with Gasteiger partial charge in [-0.05, 0) is 84.2 Å². The average molecular weight is 530 g/mol. The Bertz CT molecular complexity index is 2920. The minimum atomic E-state index is -0.533. The summed E-state index contributed by atoms with van der Waals surface area (Å²) < 4.78 is 85.7. The molecule has 0 fully saturated rings. The Morgan fingerprint density at radius 2 is 1.07 bits per heavy atom. The second-order valence-corrected chi connectivity index (χ2v) is 10.2. The molecule has 1 heteroatoms. The average Bonchev–Trinajstić information content (AvgIpc) is 3.54. The van der Waals surface area contributed by atoms with Gasteiger partial charge < -0.3 is 4.42 Å². The molecule has 9 aromatic rings. The molecule has 0 atom stereocenters. The summed E-state index contributed by atoms with van der Waals surface area (Å²) in [5.74, 6) is 0. The molecule has 41 heavy (non-hydrogen) atoms. The van der Waals surface area contributed by atoms with E-state index in [0.717, 1.165) is 43.4 Å². The van der Waals surface area contributed by atoms with E-state index < -0.39 is 36.3 Å². The molecule has 0 aliphatic heterocycles. The quantitative estimate of drug-likeness (QED) is 0.203. The second-order valence-electron chi connectivity index (χ2n) is 10.2. The molecule has 8 aromatic carbocycles. The molecule has 190 valence electrons. The summed E-state index contributed by atoms with van der Waals surface area (Å²) in [4.78, 5) is 0. The molecule has 0 saturated carbocycles. The van der Waals surface area contributed by atoms with Crippen LogP contribution in [0, 0.1) is 0 Å². The van der Waals surface area contributed by atoms with Gasteiger partial charge in [0.1, 0.15) is 11.2 Å². The standard InChI is InChI=1S/C40H24O/c1-2-11-27-23-28(18-17-25(27)9-1)38-32-13-5-7-15-34(32)39(35-16-8-6-14-33(35)38)29-20-21-31-36-22-19-26-10-3-4-12-30(26)40(36)41-37(31)24-29/h1-24H/i3D,4D,10D,12D,19D,20D,21D,22D,24D. The minimum absolute atomic E-state index is 0.00652. The number of furan rings is 1. The van der Waals surface area contributed by atoms with Gasteiger partial charge in [0.05, 0.1) is 12.3 Å². The maximum absolute atomic E-state index is 9.55. The lowest BCUT2D eigenvalue weighted by Gasteiger charge is -2.18. The Morgan fingerprint density at radius 1 is 0.439 bits per heavy atom. The lowest BCUT2D eigenvalue weighted by atomic mass is 9.85. The molecule has 0 radical (unpaired) electrons. The fourth-order valence-electron chi connectivity index (χ4n) is 6.08. The van der Waals surface area contributed by atoms with E-state index in [-0.39, 0.29) is 56.4 Å². The molecule has 0 saturated heterocycles. The number of hydrogen-bond acceptors (Lipinski definition) is 1. The van der Waals surface area contributed by atoms with E-state index >= 15 is 0 Å². The first kappa shape index (κ1) is 15.4. The van der Waals surface area contributed by atoms with Crippen LogP contribution in [0.4, 0.5) is 0 Å². The first-order valence-corrected chi connectivity index (χ1v) is 13.4. The summed E-state index contributed by atoms with van der Waals surface area (Å²) in [6.45, 7) is 0. The fraction of sp³-hybridized carbons (Fsp3) is 0. The summed E-state index contributed by atoms with van der Waals surface area (Å²) in [7, 11) is 0. The first-order valence-electron chi connectivity index (χ1n) is 17.9. The van der Waals surface area contributed by atoms with Gasteiger partial charge in [-0.3, -0.25) is 0 Å². The van der Waals surface area contributed by atoms with Crippen molar-refractivity contribution in [3.8, 4) is 22.3 Å². The van der Waals surface area contributed by atoms with Crippen molar-refractivity contribution in [1.82, 2.24) is 0 Å². The van der Waals surface area contributed by atoms with Gasteiger partial charge in [0.15, 0.2) is 0 Å². The highest BCUT2D eigenvalue weighted by atomic mass is 16.3. The van der Waals surface area contributed by atoms with Crippen molar-refractivity contribution < 1.29 is 16.8 Å². The first-order chi connectivity index (χ1) is 24.1. The summed E-state index contributed by atoms with van der Waals surface area (Å²) in [6.07, 6.45) is 0. The van der Waals surface area contributed by atoms with Crippen molar-refractivity contribution in [3.05, 3.63) is 145 Å². The molecule has 1 nitrogen and oxygen atoms in total. The van der Waals surface area contributed by atoms with Gasteiger partial charge in [0.2, 0.25) is 0 Å². The molecule has 9 rings (SSSR count). The van der Waals surface area contributed by atoms with E-state index in [9.17, 15) is 4.11 Å². The summed E-state index contributed by atoms with van der Waals surface area (Å²) in [5.41, 5.74) is 2.58. The van der Waals surface area contributed by atoms with Crippen LogP contribution in [0.15, 0.2) is 150 Å². The lowest BCUT2D eigenvalue weighted by molar-refractivity contribution is 0.673. The molecule has 0 spiro atoms. The van der Waals surface area contributed by atoms with Crippen molar-refractivity contribution in [2.45, 2.75) is 0 Å². The minimum Gasteiger partial charge on any atom is -0.455 e. The van der Waals surface area contributed by atoms with E-state index in [1.54, 1.807) is 0 Å². The predicted molar refractivity (Wildman–Crippen MR) is 175 cm³/mol. The third kappa shape index (κ3) is 3.30. The van der Waals surface area contributed by atoms with Crippen molar-refractivity contribution in [2.24, 2.45) is 0 Å². The normalized spacial score (nSPS) is 15.0. The van der Waals surface area contributed by atoms with Gasteiger partial charge in [-0.25, -0.2) is 0 Å². The molecular weight excluding hydrogens is 496 g/mol. The van der Waals surface area contributed by atoms with Crippen LogP contribution < -0.4 is 0 Å². The van der Waals surface area contributed by atoms with Crippen LogP contribution in [0.5, 0.6) is 0 Å². The van der Waals surface area contributed by atoms with Crippen molar-refractivity contribution in [2.75, 3.05) is 0 Å². The maximum Gasteiger partial charge on any atom is 0.143 e. The molecule has 1 aromatic heterocycles. The highest BCUT2D eigenvalue weighted by molar-refractivity contribution is 6.22. The van der Waals surface area contributed by atoms with Crippen LogP contribution >= 0.6 is 0 Å². The second kappa shape index (κ2) is 8.55. The smallest absolute Gasteiger partial charge is 0.143 e. The molecule has 0 amide bonds. The third-order valence-corrected chi connectivity index (χ3v) is 7.91. The zero-order valence-electron chi connectivity index (χ0n) is 30.6. The Balaban J connectivity index is 1.44. The van der Waals surface area contributed by atoms with Gasteiger partial charge in [-0.1, -0.05) is 121 Å². The predicted octanol–water partition coefficient (Wildman–Crippen LogP) is 11.5. The highest BCUT2D eigenvalue weighted by Crippen LogP contribution is 2.45. The molecular formula is C40H24O. The molecule has 0 unspecified atom stereocenters. The topological polar surface area (TPSA) is 13.1 Å². The van der Waals surface area contributed by atoms with Crippen LogP contribution in [0.1, 0.15) is 12.3 Å². The van der Waals surface area contributed by atoms with Crippen LogP contribution in [-0.2, 0) is 0 Å². The van der Waals surface area contributed by atoms with Crippen molar-refractivity contribution in [1.29, 1.82) is 0 Å². The van der Waals surface area contributed by atoms with Crippen LogP contribution in [0.25, 0.3) is 87.3 Å².